The van der Waals surface area contributed by atoms with Gasteiger partial charge in [0.2, 0.25) is 5.91 Å². The number of rotatable bonds is 10. The molecule has 0 spiro atoms. The number of benzene rings is 3. The third-order valence-corrected chi connectivity index (χ3v) is 5.58. The number of amides is 1. The van der Waals surface area contributed by atoms with Gasteiger partial charge >= 0.3 is 0 Å². The molecule has 3 rings (SSSR count). The SMILES string of the molecule is COc1cc(CNc2cccc(NC(=O)CC(C)C)c2)cc(Br)c1OCc1cccc(C)c1. The van der Waals surface area contributed by atoms with Crippen LogP contribution >= 0.6 is 15.9 Å². The van der Waals surface area contributed by atoms with Crippen LogP contribution in [-0.4, -0.2) is 13.0 Å². The molecule has 1 amide bonds. The summed E-state index contributed by atoms with van der Waals surface area (Å²) in [7, 11) is 1.64. The quantitative estimate of drug-likeness (QED) is 0.310. The summed E-state index contributed by atoms with van der Waals surface area (Å²) in [6, 6.07) is 20.0. The zero-order valence-corrected chi connectivity index (χ0v) is 21.2. The summed E-state index contributed by atoms with van der Waals surface area (Å²) in [6.45, 7) is 7.18. The summed E-state index contributed by atoms with van der Waals surface area (Å²) in [5, 5.41) is 6.36. The van der Waals surface area contributed by atoms with Crippen LogP contribution in [0.1, 0.15) is 37.0 Å². The Balaban J connectivity index is 1.65. The van der Waals surface area contributed by atoms with Gasteiger partial charge in [-0.1, -0.05) is 49.7 Å². The first-order chi connectivity index (χ1) is 15.8. The van der Waals surface area contributed by atoms with E-state index in [1.54, 1.807) is 7.11 Å². The molecule has 174 valence electrons. The Morgan fingerprint density at radius 3 is 2.48 bits per heavy atom. The summed E-state index contributed by atoms with van der Waals surface area (Å²) in [5.74, 6) is 1.70. The fraction of sp³-hybridized carbons (Fsp3) is 0.296. The summed E-state index contributed by atoms with van der Waals surface area (Å²) in [5.41, 5.74) is 5.05. The number of aryl methyl sites for hydroxylation is 1. The molecule has 5 nitrogen and oxygen atoms in total. The molecule has 2 N–H and O–H groups in total. The lowest BCUT2D eigenvalue weighted by molar-refractivity contribution is -0.116. The highest BCUT2D eigenvalue weighted by molar-refractivity contribution is 9.10. The van der Waals surface area contributed by atoms with Gasteiger partial charge in [0, 0.05) is 24.3 Å². The first-order valence-electron chi connectivity index (χ1n) is 11.0. The first kappa shape index (κ1) is 24.6. The molecule has 3 aromatic rings. The minimum Gasteiger partial charge on any atom is -0.493 e. The molecule has 0 fully saturated rings. The maximum absolute atomic E-state index is 12.1. The second kappa shape index (κ2) is 11.8. The number of anilines is 2. The highest BCUT2D eigenvalue weighted by Gasteiger charge is 2.13. The van der Waals surface area contributed by atoms with E-state index in [0.29, 0.717) is 37.0 Å². The van der Waals surface area contributed by atoms with Crippen molar-refractivity contribution in [2.24, 2.45) is 5.92 Å². The van der Waals surface area contributed by atoms with Crippen molar-refractivity contribution in [2.45, 2.75) is 40.3 Å². The van der Waals surface area contributed by atoms with Gasteiger partial charge in [-0.05, 0) is 70.2 Å². The van der Waals surface area contributed by atoms with Crippen molar-refractivity contribution in [3.8, 4) is 11.5 Å². The highest BCUT2D eigenvalue weighted by atomic mass is 79.9. The van der Waals surface area contributed by atoms with Crippen LogP contribution in [0.5, 0.6) is 11.5 Å². The Morgan fingerprint density at radius 2 is 1.76 bits per heavy atom. The van der Waals surface area contributed by atoms with E-state index in [-0.39, 0.29) is 5.91 Å². The Hall–Kier alpha value is -2.99. The van der Waals surface area contributed by atoms with Crippen molar-refractivity contribution in [3.05, 3.63) is 81.8 Å². The van der Waals surface area contributed by atoms with Crippen LogP contribution < -0.4 is 20.1 Å². The minimum atomic E-state index is 0.0251. The van der Waals surface area contributed by atoms with E-state index in [1.807, 2.05) is 62.4 Å². The molecule has 0 aliphatic heterocycles. The molecule has 0 aliphatic rings. The summed E-state index contributed by atoms with van der Waals surface area (Å²) >= 11 is 3.63. The second-order valence-electron chi connectivity index (χ2n) is 8.47. The maximum Gasteiger partial charge on any atom is 0.224 e. The average Bonchev–Trinajstić information content (AvgIpc) is 2.76. The third-order valence-electron chi connectivity index (χ3n) is 4.99. The molecule has 3 aromatic carbocycles. The fourth-order valence-electron chi connectivity index (χ4n) is 3.47. The maximum atomic E-state index is 12.1. The van der Waals surface area contributed by atoms with Gasteiger partial charge in [-0.2, -0.15) is 0 Å². The fourth-order valence-corrected chi connectivity index (χ4v) is 4.07. The van der Waals surface area contributed by atoms with Crippen LogP contribution in [0, 0.1) is 12.8 Å². The average molecular weight is 511 g/mol. The lowest BCUT2D eigenvalue weighted by Gasteiger charge is -2.16. The molecule has 0 aromatic heterocycles. The highest BCUT2D eigenvalue weighted by Crippen LogP contribution is 2.37. The zero-order chi connectivity index (χ0) is 23.8. The number of hydrogen-bond acceptors (Lipinski definition) is 4. The van der Waals surface area contributed by atoms with Gasteiger partial charge in [-0.25, -0.2) is 0 Å². The van der Waals surface area contributed by atoms with Gasteiger partial charge in [0.25, 0.3) is 0 Å². The minimum absolute atomic E-state index is 0.0251. The number of nitrogens with one attached hydrogen (secondary N) is 2. The van der Waals surface area contributed by atoms with Crippen LogP contribution in [0.2, 0.25) is 0 Å². The van der Waals surface area contributed by atoms with Crippen LogP contribution in [0.25, 0.3) is 0 Å². The van der Waals surface area contributed by atoms with Crippen molar-refractivity contribution in [1.82, 2.24) is 0 Å². The topological polar surface area (TPSA) is 59.6 Å². The molecule has 0 radical (unpaired) electrons. The number of carbonyl (C=O) groups is 1. The van der Waals surface area contributed by atoms with E-state index in [1.165, 1.54) is 5.56 Å². The number of carbonyl (C=O) groups excluding carboxylic acids is 1. The molecule has 0 aliphatic carbocycles. The van der Waals surface area contributed by atoms with Crippen LogP contribution in [0.15, 0.2) is 65.1 Å². The van der Waals surface area contributed by atoms with E-state index in [9.17, 15) is 4.79 Å². The zero-order valence-electron chi connectivity index (χ0n) is 19.6. The predicted octanol–water partition coefficient (Wildman–Crippen LogP) is 6.94. The normalized spacial score (nSPS) is 10.7. The lowest BCUT2D eigenvalue weighted by atomic mass is 10.1. The largest absolute Gasteiger partial charge is 0.493 e. The van der Waals surface area contributed by atoms with Gasteiger partial charge in [-0.3, -0.25) is 4.79 Å². The van der Waals surface area contributed by atoms with Crippen molar-refractivity contribution >= 4 is 33.2 Å². The van der Waals surface area contributed by atoms with Crippen LogP contribution in [0.4, 0.5) is 11.4 Å². The smallest absolute Gasteiger partial charge is 0.224 e. The molecule has 0 saturated heterocycles. The van der Waals surface area contributed by atoms with Crippen molar-refractivity contribution < 1.29 is 14.3 Å². The molecular weight excluding hydrogens is 480 g/mol. The van der Waals surface area contributed by atoms with E-state index in [2.05, 4.69) is 45.6 Å². The van der Waals surface area contributed by atoms with E-state index in [4.69, 9.17) is 9.47 Å². The third kappa shape index (κ3) is 7.53. The van der Waals surface area contributed by atoms with E-state index < -0.39 is 0 Å². The van der Waals surface area contributed by atoms with Crippen LogP contribution in [-0.2, 0) is 17.9 Å². The summed E-state index contributed by atoms with van der Waals surface area (Å²) in [6.07, 6.45) is 0.504. The van der Waals surface area contributed by atoms with Crippen molar-refractivity contribution in [1.29, 1.82) is 0 Å². The predicted molar refractivity (Wildman–Crippen MR) is 138 cm³/mol. The summed E-state index contributed by atoms with van der Waals surface area (Å²) in [4.78, 5) is 12.1. The van der Waals surface area contributed by atoms with Gasteiger partial charge in [0.1, 0.15) is 6.61 Å². The van der Waals surface area contributed by atoms with E-state index >= 15 is 0 Å². The number of methoxy groups -OCH3 is 1. The molecule has 0 saturated carbocycles. The van der Waals surface area contributed by atoms with Gasteiger partial charge in [-0.15, -0.1) is 0 Å². The number of halogens is 1. The summed E-state index contributed by atoms with van der Waals surface area (Å²) < 4.78 is 12.5. The first-order valence-corrected chi connectivity index (χ1v) is 11.8. The molecule has 0 atom stereocenters. The number of hydrogen-bond donors (Lipinski definition) is 2. The molecule has 0 bridgehead atoms. The van der Waals surface area contributed by atoms with Gasteiger partial charge in [0.05, 0.1) is 11.6 Å². The number of ether oxygens (including phenoxy) is 2. The van der Waals surface area contributed by atoms with Gasteiger partial charge in [0.15, 0.2) is 11.5 Å². The molecule has 0 unspecified atom stereocenters. The van der Waals surface area contributed by atoms with Crippen molar-refractivity contribution in [2.75, 3.05) is 17.7 Å². The Morgan fingerprint density at radius 1 is 1.00 bits per heavy atom. The Bertz CT molecular complexity index is 1100. The van der Waals surface area contributed by atoms with Gasteiger partial charge < -0.3 is 20.1 Å². The van der Waals surface area contributed by atoms with E-state index in [0.717, 1.165) is 27.0 Å². The molecule has 6 heteroatoms. The molecular formula is C27H31BrN2O3. The van der Waals surface area contributed by atoms with Crippen molar-refractivity contribution in [3.63, 3.8) is 0 Å². The molecule has 33 heavy (non-hydrogen) atoms. The van der Waals surface area contributed by atoms with Crippen LogP contribution in [0.3, 0.4) is 0 Å². The Labute approximate surface area is 204 Å². The monoisotopic (exact) mass is 510 g/mol. The standard InChI is InChI=1S/C27H31BrN2O3/c1-18(2)11-26(31)30-23-10-6-9-22(15-23)29-16-21-13-24(28)27(25(14-21)32-4)33-17-20-8-5-7-19(3)12-20/h5-10,12-15,18,29H,11,16-17H2,1-4H3,(H,30,31). The molecule has 0 heterocycles. The second-order valence-corrected chi connectivity index (χ2v) is 9.32. The lowest BCUT2D eigenvalue weighted by Crippen LogP contribution is -2.13. The Kier molecular flexibility index (Phi) is 8.78.